The van der Waals surface area contributed by atoms with E-state index in [1.54, 1.807) is 61.7 Å². The van der Waals surface area contributed by atoms with Gasteiger partial charge in [-0.1, -0.05) is 28.1 Å². The van der Waals surface area contributed by atoms with Gasteiger partial charge in [0, 0.05) is 10.2 Å². The fourth-order valence-electron chi connectivity index (χ4n) is 3.91. The molecule has 3 aromatic carbocycles. The molecule has 2 heterocycles. The number of benzene rings is 3. The monoisotopic (exact) mass is 479 g/mol. The topological polar surface area (TPSA) is 59.8 Å². The van der Waals surface area contributed by atoms with Crippen LogP contribution >= 0.6 is 15.9 Å². The van der Waals surface area contributed by atoms with Crippen LogP contribution in [0.25, 0.3) is 11.0 Å². The molecule has 0 saturated heterocycles. The lowest BCUT2D eigenvalue weighted by Crippen LogP contribution is -2.29. The number of ether oxygens (including phenoxy) is 1. The zero-order valence-corrected chi connectivity index (χ0v) is 17.9. The summed E-state index contributed by atoms with van der Waals surface area (Å²) in [7, 11) is 1.56. The Morgan fingerprint density at radius 2 is 1.71 bits per heavy atom. The third-order valence-corrected chi connectivity index (χ3v) is 5.86. The summed E-state index contributed by atoms with van der Waals surface area (Å²) in [5.41, 5.74) is 1.44. The number of carbonyl (C=O) groups excluding carboxylic acids is 1. The van der Waals surface area contributed by atoms with E-state index in [0.717, 1.165) is 4.47 Å². The van der Waals surface area contributed by atoms with Crippen molar-refractivity contribution in [3.05, 3.63) is 104 Å². The second-order valence-electron chi connectivity index (χ2n) is 7.14. The van der Waals surface area contributed by atoms with Crippen molar-refractivity contribution in [2.75, 3.05) is 12.0 Å². The van der Waals surface area contributed by atoms with Crippen molar-refractivity contribution in [2.45, 2.75) is 6.04 Å². The highest BCUT2D eigenvalue weighted by Gasteiger charge is 2.43. The molecule has 0 N–H and O–H groups in total. The average molecular weight is 480 g/mol. The second kappa shape index (κ2) is 7.35. The van der Waals surface area contributed by atoms with E-state index >= 15 is 0 Å². The first-order valence-electron chi connectivity index (χ1n) is 9.47. The Morgan fingerprint density at radius 3 is 2.39 bits per heavy atom. The maximum absolute atomic E-state index is 13.6. The van der Waals surface area contributed by atoms with Crippen molar-refractivity contribution in [3.63, 3.8) is 0 Å². The van der Waals surface area contributed by atoms with Crippen molar-refractivity contribution < 1.29 is 18.3 Å². The molecule has 0 fully saturated rings. The van der Waals surface area contributed by atoms with Crippen LogP contribution in [-0.4, -0.2) is 13.0 Å². The Labute approximate surface area is 184 Å². The van der Waals surface area contributed by atoms with E-state index in [1.165, 1.54) is 17.0 Å². The Hall–Kier alpha value is -3.45. The Morgan fingerprint density at radius 1 is 1.00 bits per heavy atom. The van der Waals surface area contributed by atoms with E-state index in [1.807, 2.05) is 0 Å². The molecular weight excluding hydrogens is 465 g/mol. The van der Waals surface area contributed by atoms with Gasteiger partial charge in [0.25, 0.3) is 5.91 Å². The molecule has 7 heteroatoms. The highest BCUT2D eigenvalue weighted by Crippen LogP contribution is 2.41. The van der Waals surface area contributed by atoms with Crippen molar-refractivity contribution in [1.82, 2.24) is 0 Å². The zero-order chi connectivity index (χ0) is 21.7. The third kappa shape index (κ3) is 3.13. The van der Waals surface area contributed by atoms with Gasteiger partial charge >= 0.3 is 0 Å². The van der Waals surface area contributed by atoms with Gasteiger partial charge in [0.05, 0.1) is 24.1 Å². The standard InChI is InChI=1S/C24H15BrFNO4/c1-30-17-9-7-16(8-10-17)27-21(13-2-5-15(26)6-3-13)20-22(28)18-12-14(25)4-11-19(18)31-23(20)24(27)29/h2-12,21H,1H3. The molecule has 4 aromatic rings. The molecule has 0 aliphatic carbocycles. The minimum Gasteiger partial charge on any atom is -0.497 e. The first kappa shape index (κ1) is 19.5. The van der Waals surface area contributed by atoms with Crippen LogP contribution in [0.15, 0.2) is 80.4 Å². The highest BCUT2D eigenvalue weighted by atomic mass is 79.9. The quantitative estimate of drug-likeness (QED) is 0.391. The van der Waals surface area contributed by atoms with Crippen LogP contribution in [0.3, 0.4) is 0 Å². The summed E-state index contributed by atoms with van der Waals surface area (Å²) in [5, 5.41) is 0.365. The van der Waals surface area contributed by atoms with Gasteiger partial charge in [0.15, 0.2) is 5.43 Å². The van der Waals surface area contributed by atoms with Crippen LogP contribution < -0.4 is 15.1 Å². The number of methoxy groups -OCH3 is 1. The minimum atomic E-state index is -0.754. The van der Waals surface area contributed by atoms with Crippen LogP contribution in [0.5, 0.6) is 5.75 Å². The molecule has 0 bridgehead atoms. The Bertz CT molecular complexity index is 1380. The summed E-state index contributed by atoms with van der Waals surface area (Å²) < 4.78 is 25.4. The first-order chi connectivity index (χ1) is 15.0. The van der Waals surface area contributed by atoms with Crippen LogP contribution in [0.1, 0.15) is 27.7 Å². The molecule has 31 heavy (non-hydrogen) atoms. The normalized spacial score (nSPS) is 15.4. The molecular formula is C24H15BrFNO4. The van der Waals surface area contributed by atoms with E-state index < -0.39 is 17.8 Å². The number of hydrogen-bond acceptors (Lipinski definition) is 4. The minimum absolute atomic E-state index is 0.00929. The molecule has 1 aliphatic rings. The van der Waals surface area contributed by atoms with Crippen molar-refractivity contribution in [1.29, 1.82) is 0 Å². The molecule has 0 radical (unpaired) electrons. The number of hydrogen-bond donors (Lipinski definition) is 0. The number of carbonyl (C=O) groups is 1. The second-order valence-corrected chi connectivity index (χ2v) is 8.06. The Kier molecular flexibility index (Phi) is 4.63. The molecule has 5 rings (SSSR count). The van der Waals surface area contributed by atoms with E-state index in [4.69, 9.17) is 9.15 Å². The maximum atomic E-state index is 13.6. The fraction of sp³-hybridized carbons (Fsp3) is 0.0833. The SMILES string of the molecule is COc1ccc(N2C(=O)c3oc4ccc(Br)cc4c(=O)c3C2c2ccc(F)cc2)cc1. The number of halogens is 2. The Balaban J connectivity index is 1.78. The number of anilines is 1. The molecule has 1 aromatic heterocycles. The van der Waals surface area contributed by atoms with Crippen LogP contribution in [-0.2, 0) is 0 Å². The smallest absolute Gasteiger partial charge is 0.295 e. The zero-order valence-electron chi connectivity index (χ0n) is 16.3. The molecule has 5 nitrogen and oxygen atoms in total. The molecule has 1 amide bonds. The predicted octanol–water partition coefficient (Wildman–Crippen LogP) is 5.45. The predicted molar refractivity (Wildman–Crippen MR) is 118 cm³/mol. The molecule has 1 unspecified atom stereocenters. The van der Waals surface area contributed by atoms with Gasteiger partial charge in [0.2, 0.25) is 5.76 Å². The van der Waals surface area contributed by atoms with Gasteiger partial charge in [-0.3, -0.25) is 14.5 Å². The van der Waals surface area contributed by atoms with Crippen molar-refractivity contribution in [2.24, 2.45) is 0 Å². The molecule has 0 spiro atoms. The van der Waals surface area contributed by atoms with Crippen LogP contribution in [0, 0.1) is 5.82 Å². The van der Waals surface area contributed by atoms with E-state index in [2.05, 4.69) is 15.9 Å². The molecule has 1 atom stereocenters. The van der Waals surface area contributed by atoms with Gasteiger partial charge in [-0.15, -0.1) is 0 Å². The number of nitrogens with zero attached hydrogens (tertiary/aromatic N) is 1. The van der Waals surface area contributed by atoms with E-state index in [0.29, 0.717) is 28.0 Å². The van der Waals surface area contributed by atoms with Gasteiger partial charge < -0.3 is 9.15 Å². The summed E-state index contributed by atoms with van der Waals surface area (Å²) in [5.74, 6) is -0.212. The number of fused-ring (bicyclic) bond motifs is 2. The lowest BCUT2D eigenvalue weighted by Gasteiger charge is -2.25. The third-order valence-electron chi connectivity index (χ3n) is 5.37. The summed E-state index contributed by atoms with van der Waals surface area (Å²) in [6, 6.07) is 17.0. The molecule has 154 valence electrons. The van der Waals surface area contributed by atoms with Gasteiger partial charge in [-0.05, 0) is 60.2 Å². The highest BCUT2D eigenvalue weighted by molar-refractivity contribution is 9.10. The molecule has 1 aliphatic heterocycles. The van der Waals surface area contributed by atoms with E-state index in [9.17, 15) is 14.0 Å². The maximum Gasteiger partial charge on any atom is 0.295 e. The van der Waals surface area contributed by atoms with Crippen molar-refractivity contribution >= 4 is 38.5 Å². The average Bonchev–Trinajstić information content (AvgIpc) is 3.07. The lowest BCUT2D eigenvalue weighted by molar-refractivity contribution is 0.0971. The van der Waals surface area contributed by atoms with Crippen LogP contribution in [0.4, 0.5) is 10.1 Å². The summed E-state index contributed by atoms with van der Waals surface area (Å²) >= 11 is 3.38. The van der Waals surface area contributed by atoms with Crippen LogP contribution in [0.2, 0.25) is 0 Å². The van der Waals surface area contributed by atoms with E-state index in [-0.39, 0.29) is 16.8 Å². The van der Waals surface area contributed by atoms with Gasteiger partial charge in [-0.25, -0.2) is 4.39 Å². The molecule has 0 saturated carbocycles. The lowest BCUT2D eigenvalue weighted by atomic mass is 9.98. The van der Waals surface area contributed by atoms with Crippen molar-refractivity contribution in [3.8, 4) is 5.75 Å². The summed E-state index contributed by atoms with van der Waals surface area (Å²) in [4.78, 5) is 28.4. The largest absolute Gasteiger partial charge is 0.497 e. The first-order valence-corrected chi connectivity index (χ1v) is 10.3. The van der Waals surface area contributed by atoms with Gasteiger partial charge in [-0.2, -0.15) is 0 Å². The van der Waals surface area contributed by atoms with Gasteiger partial charge in [0.1, 0.15) is 17.1 Å². The summed E-state index contributed by atoms with van der Waals surface area (Å²) in [6.45, 7) is 0. The number of amides is 1. The fourth-order valence-corrected chi connectivity index (χ4v) is 4.28. The summed E-state index contributed by atoms with van der Waals surface area (Å²) in [6.07, 6.45) is 0. The number of rotatable bonds is 3.